The third-order valence-electron chi connectivity index (χ3n) is 2.70. The lowest BCUT2D eigenvalue weighted by atomic mass is 10.0. The SMILES string of the molecule is COc1ccccc1C(=O)c1cc(C)nc(C)c1. The van der Waals surface area contributed by atoms with Crippen molar-refractivity contribution < 1.29 is 9.53 Å². The van der Waals surface area contributed by atoms with Crippen LogP contribution in [0.25, 0.3) is 0 Å². The number of ether oxygens (including phenoxy) is 1. The van der Waals surface area contributed by atoms with Gasteiger partial charge in [0.2, 0.25) is 0 Å². The number of carbonyl (C=O) groups excluding carboxylic acids is 1. The van der Waals surface area contributed by atoms with Gasteiger partial charge in [0, 0.05) is 17.0 Å². The summed E-state index contributed by atoms with van der Waals surface area (Å²) in [4.78, 5) is 16.7. The van der Waals surface area contributed by atoms with E-state index in [0.717, 1.165) is 11.4 Å². The lowest BCUT2D eigenvalue weighted by molar-refractivity contribution is 0.103. The summed E-state index contributed by atoms with van der Waals surface area (Å²) in [5, 5.41) is 0. The Bertz CT molecular complexity index is 571. The van der Waals surface area contributed by atoms with Crippen LogP contribution in [0.3, 0.4) is 0 Å². The first-order valence-corrected chi connectivity index (χ1v) is 5.75. The molecule has 2 aromatic rings. The molecule has 0 radical (unpaired) electrons. The number of carbonyl (C=O) groups is 1. The number of hydrogen-bond donors (Lipinski definition) is 0. The maximum absolute atomic E-state index is 12.4. The molecule has 1 heterocycles. The van der Waals surface area contributed by atoms with Crippen molar-refractivity contribution in [3.63, 3.8) is 0 Å². The highest BCUT2D eigenvalue weighted by molar-refractivity contribution is 6.10. The second-order valence-corrected chi connectivity index (χ2v) is 4.17. The Balaban J connectivity index is 2.47. The summed E-state index contributed by atoms with van der Waals surface area (Å²) in [5.41, 5.74) is 2.90. The van der Waals surface area contributed by atoms with Gasteiger partial charge in [-0.3, -0.25) is 9.78 Å². The summed E-state index contributed by atoms with van der Waals surface area (Å²) in [5.74, 6) is 0.552. The van der Waals surface area contributed by atoms with E-state index in [1.165, 1.54) is 0 Å². The molecule has 18 heavy (non-hydrogen) atoms. The van der Waals surface area contributed by atoms with E-state index in [2.05, 4.69) is 4.98 Å². The maximum atomic E-state index is 12.4. The van der Waals surface area contributed by atoms with Crippen molar-refractivity contribution in [2.24, 2.45) is 0 Å². The molecule has 3 heteroatoms. The predicted molar refractivity (Wildman–Crippen MR) is 70.1 cm³/mol. The molecule has 2 rings (SSSR count). The molecule has 0 aliphatic heterocycles. The van der Waals surface area contributed by atoms with Crippen LogP contribution in [0.1, 0.15) is 27.3 Å². The number of para-hydroxylation sites is 1. The van der Waals surface area contributed by atoms with E-state index in [-0.39, 0.29) is 5.78 Å². The first kappa shape index (κ1) is 12.3. The maximum Gasteiger partial charge on any atom is 0.196 e. The lowest BCUT2D eigenvalue weighted by Crippen LogP contribution is -2.05. The zero-order chi connectivity index (χ0) is 13.1. The van der Waals surface area contributed by atoms with E-state index < -0.39 is 0 Å². The highest BCUT2D eigenvalue weighted by Crippen LogP contribution is 2.21. The molecular weight excluding hydrogens is 226 g/mol. The van der Waals surface area contributed by atoms with Crippen LogP contribution in [0.5, 0.6) is 5.75 Å². The van der Waals surface area contributed by atoms with Crippen molar-refractivity contribution in [2.45, 2.75) is 13.8 Å². The number of aryl methyl sites for hydroxylation is 2. The van der Waals surface area contributed by atoms with Crippen molar-refractivity contribution in [2.75, 3.05) is 7.11 Å². The standard InChI is InChI=1S/C15H15NO2/c1-10-8-12(9-11(2)16-10)15(17)13-6-4-5-7-14(13)18-3/h4-9H,1-3H3. The van der Waals surface area contributed by atoms with E-state index in [1.54, 1.807) is 31.4 Å². The fourth-order valence-electron chi connectivity index (χ4n) is 1.95. The third kappa shape index (κ3) is 2.40. The number of methoxy groups -OCH3 is 1. The first-order chi connectivity index (χ1) is 8.61. The molecule has 0 atom stereocenters. The largest absolute Gasteiger partial charge is 0.496 e. The summed E-state index contributed by atoms with van der Waals surface area (Å²) in [7, 11) is 1.56. The zero-order valence-electron chi connectivity index (χ0n) is 10.7. The Morgan fingerprint density at radius 1 is 1.11 bits per heavy atom. The Hall–Kier alpha value is -2.16. The van der Waals surface area contributed by atoms with Gasteiger partial charge in [0.1, 0.15) is 5.75 Å². The molecular formula is C15H15NO2. The highest BCUT2D eigenvalue weighted by Gasteiger charge is 2.14. The van der Waals surface area contributed by atoms with Crippen LogP contribution >= 0.6 is 0 Å². The quantitative estimate of drug-likeness (QED) is 0.775. The average molecular weight is 241 g/mol. The van der Waals surface area contributed by atoms with Gasteiger partial charge in [-0.2, -0.15) is 0 Å². The number of benzene rings is 1. The monoisotopic (exact) mass is 241 g/mol. The molecule has 1 aromatic carbocycles. The van der Waals surface area contributed by atoms with Gasteiger partial charge in [-0.15, -0.1) is 0 Å². The minimum absolute atomic E-state index is 0.0407. The van der Waals surface area contributed by atoms with Gasteiger partial charge in [0.15, 0.2) is 5.78 Å². The van der Waals surface area contributed by atoms with Crippen LogP contribution in [-0.2, 0) is 0 Å². The van der Waals surface area contributed by atoms with Crippen LogP contribution in [0.4, 0.5) is 0 Å². The minimum Gasteiger partial charge on any atom is -0.496 e. The second kappa shape index (κ2) is 5.00. The third-order valence-corrected chi connectivity index (χ3v) is 2.70. The lowest BCUT2D eigenvalue weighted by Gasteiger charge is -2.08. The molecule has 92 valence electrons. The van der Waals surface area contributed by atoms with Crippen LogP contribution < -0.4 is 4.74 Å². The molecule has 0 amide bonds. The Morgan fingerprint density at radius 2 is 1.72 bits per heavy atom. The number of ketones is 1. The fraction of sp³-hybridized carbons (Fsp3) is 0.200. The number of rotatable bonds is 3. The van der Waals surface area contributed by atoms with Gasteiger partial charge in [-0.1, -0.05) is 12.1 Å². The predicted octanol–water partition coefficient (Wildman–Crippen LogP) is 2.94. The second-order valence-electron chi connectivity index (χ2n) is 4.17. The summed E-state index contributed by atoms with van der Waals surface area (Å²) in [6.45, 7) is 3.76. The number of nitrogens with zero attached hydrogens (tertiary/aromatic N) is 1. The topological polar surface area (TPSA) is 39.2 Å². The van der Waals surface area contributed by atoms with Crippen molar-refractivity contribution in [3.8, 4) is 5.75 Å². The highest BCUT2D eigenvalue weighted by atomic mass is 16.5. The van der Waals surface area contributed by atoms with Crippen LogP contribution in [0.2, 0.25) is 0 Å². The van der Waals surface area contributed by atoms with Crippen LogP contribution in [-0.4, -0.2) is 17.9 Å². The van der Waals surface area contributed by atoms with E-state index >= 15 is 0 Å². The van der Waals surface area contributed by atoms with E-state index in [9.17, 15) is 4.79 Å². The summed E-state index contributed by atoms with van der Waals surface area (Å²) in [6.07, 6.45) is 0. The van der Waals surface area contributed by atoms with E-state index in [0.29, 0.717) is 16.9 Å². The molecule has 1 aromatic heterocycles. The molecule has 3 nitrogen and oxygen atoms in total. The molecule has 0 unspecified atom stereocenters. The van der Waals surface area contributed by atoms with Crippen molar-refractivity contribution in [3.05, 3.63) is 58.9 Å². The molecule has 0 N–H and O–H groups in total. The van der Waals surface area contributed by atoms with Crippen LogP contribution in [0.15, 0.2) is 36.4 Å². The van der Waals surface area contributed by atoms with Crippen molar-refractivity contribution in [1.29, 1.82) is 0 Å². The van der Waals surface area contributed by atoms with Gasteiger partial charge >= 0.3 is 0 Å². The zero-order valence-corrected chi connectivity index (χ0v) is 10.7. The molecule has 0 aliphatic carbocycles. The van der Waals surface area contributed by atoms with Gasteiger partial charge in [-0.25, -0.2) is 0 Å². The fourth-order valence-corrected chi connectivity index (χ4v) is 1.95. The van der Waals surface area contributed by atoms with Crippen molar-refractivity contribution >= 4 is 5.78 Å². The van der Waals surface area contributed by atoms with Crippen molar-refractivity contribution in [1.82, 2.24) is 4.98 Å². The van der Waals surface area contributed by atoms with Gasteiger partial charge in [0.25, 0.3) is 0 Å². The Morgan fingerprint density at radius 3 is 2.33 bits per heavy atom. The molecule has 0 fully saturated rings. The minimum atomic E-state index is -0.0407. The smallest absolute Gasteiger partial charge is 0.196 e. The summed E-state index contributed by atoms with van der Waals surface area (Å²) in [6, 6.07) is 10.8. The Labute approximate surface area is 106 Å². The van der Waals surface area contributed by atoms with Crippen LogP contribution in [0, 0.1) is 13.8 Å². The number of pyridine rings is 1. The van der Waals surface area contributed by atoms with E-state index in [4.69, 9.17) is 4.74 Å². The number of aromatic nitrogens is 1. The average Bonchev–Trinajstić information content (AvgIpc) is 2.36. The number of hydrogen-bond acceptors (Lipinski definition) is 3. The summed E-state index contributed by atoms with van der Waals surface area (Å²) >= 11 is 0. The van der Waals surface area contributed by atoms with Gasteiger partial charge in [0.05, 0.1) is 12.7 Å². The summed E-state index contributed by atoms with van der Waals surface area (Å²) < 4.78 is 5.21. The first-order valence-electron chi connectivity index (χ1n) is 5.75. The Kier molecular flexibility index (Phi) is 3.42. The normalized spacial score (nSPS) is 10.2. The molecule has 0 saturated heterocycles. The van der Waals surface area contributed by atoms with Gasteiger partial charge in [-0.05, 0) is 38.1 Å². The molecule has 0 saturated carbocycles. The molecule has 0 spiro atoms. The van der Waals surface area contributed by atoms with E-state index in [1.807, 2.05) is 26.0 Å². The molecule has 0 aliphatic rings. The molecule has 0 bridgehead atoms. The van der Waals surface area contributed by atoms with Gasteiger partial charge < -0.3 is 4.74 Å².